The van der Waals surface area contributed by atoms with Crippen molar-refractivity contribution in [2.75, 3.05) is 11.9 Å². The van der Waals surface area contributed by atoms with E-state index in [9.17, 15) is 19.7 Å². The van der Waals surface area contributed by atoms with Gasteiger partial charge in [0.2, 0.25) is 0 Å². The molecule has 0 fully saturated rings. The maximum Gasteiger partial charge on any atom is 0.278 e. The minimum Gasteiger partial charge on any atom is -0.350 e. The van der Waals surface area contributed by atoms with Gasteiger partial charge in [0.15, 0.2) is 0 Å². The number of anilines is 1. The first-order valence-electron chi connectivity index (χ1n) is 8.33. The van der Waals surface area contributed by atoms with Crippen LogP contribution in [0.3, 0.4) is 0 Å². The zero-order chi connectivity index (χ0) is 20.4. The van der Waals surface area contributed by atoms with Gasteiger partial charge in [-0.3, -0.25) is 24.6 Å². The second kappa shape index (κ2) is 7.66. The first-order chi connectivity index (χ1) is 13.3. The van der Waals surface area contributed by atoms with E-state index in [2.05, 4.69) is 11.9 Å². The Morgan fingerprint density at radius 1 is 1.18 bits per heavy atom. The predicted molar refractivity (Wildman–Crippen MR) is 107 cm³/mol. The zero-order valence-electron chi connectivity index (χ0n) is 14.9. The molecule has 0 unspecified atom stereocenters. The Morgan fingerprint density at radius 2 is 1.86 bits per heavy atom. The van der Waals surface area contributed by atoms with Crippen molar-refractivity contribution in [2.24, 2.45) is 0 Å². The van der Waals surface area contributed by atoms with Crippen molar-refractivity contribution >= 4 is 40.4 Å². The van der Waals surface area contributed by atoms with Crippen LogP contribution in [0, 0.1) is 17.0 Å². The Balaban J connectivity index is 2.11. The predicted octanol–water partition coefficient (Wildman–Crippen LogP) is 3.93. The molecule has 142 valence electrons. The fourth-order valence-electron chi connectivity index (χ4n) is 2.88. The number of imide groups is 1. The van der Waals surface area contributed by atoms with Crippen molar-refractivity contribution in [2.45, 2.75) is 6.92 Å². The summed E-state index contributed by atoms with van der Waals surface area (Å²) in [6.45, 7) is 5.42. The number of nitrogens with zero attached hydrogens (tertiary/aromatic N) is 2. The Hall–Kier alpha value is -3.45. The average molecular weight is 398 g/mol. The van der Waals surface area contributed by atoms with Crippen LogP contribution in [-0.4, -0.2) is 28.2 Å². The summed E-state index contributed by atoms with van der Waals surface area (Å²) >= 11 is 6.15. The molecule has 8 heteroatoms. The van der Waals surface area contributed by atoms with E-state index in [1.165, 1.54) is 30.3 Å². The highest BCUT2D eigenvalue weighted by molar-refractivity contribution is 6.36. The molecule has 0 atom stereocenters. The number of amides is 2. The summed E-state index contributed by atoms with van der Waals surface area (Å²) in [7, 11) is 0. The third-order valence-electron chi connectivity index (χ3n) is 4.37. The number of nitro benzene ring substituents is 1. The number of carbonyl (C=O) groups excluding carboxylic acids is 2. The molecular weight excluding hydrogens is 382 g/mol. The molecule has 2 aromatic carbocycles. The fourth-order valence-corrected chi connectivity index (χ4v) is 3.06. The highest BCUT2D eigenvalue weighted by Gasteiger charge is 2.38. The molecule has 0 saturated carbocycles. The van der Waals surface area contributed by atoms with E-state index >= 15 is 0 Å². The molecule has 0 saturated heterocycles. The Kier molecular flexibility index (Phi) is 5.28. The number of benzene rings is 2. The monoisotopic (exact) mass is 397 g/mol. The van der Waals surface area contributed by atoms with Gasteiger partial charge in [0.05, 0.1) is 10.5 Å². The van der Waals surface area contributed by atoms with Gasteiger partial charge >= 0.3 is 0 Å². The molecule has 1 aliphatic rings. The molecule has 1 aliphatic heterocycles. The van der Waals surface area contributed by atoms with E-state index in [1.54, 1.807) is 25.1 Å². The maximum absolute atomic E-state index is 12.9. The number of nitro groups is 1. The molecular formula is C20H16ClN3O4. The lowest BCUT2D eigenvalue weighted by atomic mass is 10.0. The standard InChI is InChI=1S/C20H16ClN3O4/c1-3-11-23-19(25)17(13-7-9-14(10-8-13)24(27)28)18(20(23)26)22-16-6-4-5-15(21)12(16)2/h3-10,22H,1,11H2,2H3. The number of non-ortho nitro benzene ring substituents is 1. The number of halogens is 1. The lowest BCUT2D eigenvalue weighted by Crippen LogP contribution is -2.32. The number of hydrogen-bond acceptors (Lipinski definition) is 5. The minimum atomic E-state index is -0.529. The minimum absolute atomic E-state index is 0.0495. The largest absolute Gasteiger partial charge is 0.350 e. The summed E-state index contributed by atoms with van der Waals surface area (Å²) in [5, 5.41) is 14.4. The summed E-state index contributed by atoms with van der Waals surface area (Å²) in [6.07, 6.45) is 1.46. The molecule has 0 aromatic heterocycles. The molecule has 28 heavy (non-hydrogen) atoms. The van der Waals surface area contributed by atoms with Gasteiger partial charge in [0.1, 0.15) is 5.70 Å². The zero-order valence-corrected chi connectivity index (χ0v) is 15.7. The molecule has 3 rings (SSSR count). The lowest BCUT2D eigenvalue weighted by Gasteiger charge is -2.13. The topological polar surface area (TPSA) is 92.6 Å². The van der Waals surface area contributed by atoms with Crippen molar-refractivity contribution in [1.29, 1.82) is 0 Å². The highest BCUT2D eigenvalue weighted by Crippen LogP contribution is 2.33. The molecule has 2 aromatic rings. The molecule has 1 heterocycles. The van der Waals surface area contributed by atoms with Crippen molar-refractivity contribution in [3.63, 3.8) is 0 Å². The van der Waals surface area contributed by atoms with Crippen LogP contribution in [0.1, 0.15) is 11.1 Å². The maximum atomic E-state index is 12.9. The fraction of sp³-hybridized carbons (Fsp3) is 0.100. The van der Waals surface area contributed by atoms with Crippen molar-refractivity contribution in [3.05, 3.63) is 87.1 Å². The van der Waals surface area contributed by atoms with Crippen LogP contribution in [0.2, 0.25) is 5.02 Å². The number of carbonyl (C=O) groups is 2. The van der Waals surface area contributed by atoms with Crippen molar-refractivity contribution in [1.82, 2.24) is 4.90 Å². The molecule has 0 aliphatic carbocycles. The summed E-state index contributed by atoms with van der Waals surface area (Å²) in [6, 6.07) is 10.7. The highest BCUT2D eigenvalue weighted by atomic mass is 35.5. The normalized spacial score (nSPS) is 13.9. The molecule has 2 amide bonds. The van der Waals surface area contributed by atoms with E-state index < -0.39 is 16.7 Å². The average Bonchev–Trinajstić information content (AvgIpc) is 2.90. The molecule has 1 N–H and O–H groups in total. The Morgan fingerprint density at radius 3 is 2.46 bits per heavy atom. The van der Waals surface area contributed by atoms with Crippen molar-refractivity contribution in [3.8, 4) is 0 Å². The summed E-state index contributed by atoms with van der Waals surface area (Å²) in [4.78, 5) is 37.2. The summed E-state index contributed by atoms with van der Waals surface area (Å²) in [5.74, 6) is -1.00. The van der Waals surface area contributed by atoms with Gasteiger partial charge in [-0.15, -0.1) is 6.58 Å². The molecule has 7 nitrogen and oxygen atoms in total. The SMILES string of the molecule is C=CCN1C(=O)C(Nc2cccc(Cl)c2C)=C(c2ccc([N+](=O)[O-])cc2)C1=O. The second-order valence-corrected chi connectivity index (χ2v) is 6.51. The third kappa shape index (κ3) is 3.39. The lowest BCUT2D eigenvalue weighted by molar-refractivity contribution is -0.384. The molecule has 0 spiro atoms. The third-order valence-corrected chi connectivity index (χ3v) is 4.78. The van der Waals surface area contributed by atoms with Crippen LogP contribution in [0.25, 0.3) is 5.57 Å². The number of hydrogen-bond donors (Lipinski definition) is 1. The second-order valence-electron chi connectivity index (χ2n) is 6.10. The van der Waals surface area contributed by atoms with E-state index in [0.717, 1.165) is 10.5 Å². The smallest absolute Gasteiger partial charge is 0.278 e. The van der Waals surface area contributed by atoms with E-state index in [1.807, 2.05) is 0 Å². The van der Waals surface area contributed by atoms with Crippen LogP contribution in [0.15, 0.2) is 60.8 Å². The van der Waals surface area contributed by atoms with Gasteiger partial charge in [0.25, 0.3) is 17.5 Å². The van der Waals surface area contributed by atoms with E-state index in [-0.39, 0.29) is 23.5 Å². The van der Waals surface area contributed by atoms with Gasteiger partial charge < -0.3 is 5.32 Å². The molecule has 0 bridgehead atoms. The number of rotatable bonds is 6. The van der Waals surface area contributed by atoms with Gasteiger partial charge in [0, 0.05) is 29.4 Å². The summed E-state index contributed by atoms with van der Waals surface area (Å²) < 4.78 is 0. The first kappa shape index (κ1) is 19.3. The van der Waals surface area contributed by atoms with E-state index in [4.69, 9.17) is 11.6 Å². The Bertz CT molecular complexity index is 1030. The first-order valence-corrected chi connectivity index (χ1v) is 8.71. The Labute approximate surface area is 166 Å². The number of nitrogens with one attached hydrogen (secondary N) is 1. The van der Waals surface area contributed by atoms with Crippen LogP contribution in [-0.2, 0) is 9.59 Å². The van der Waals surface area contributed by atoms with Gasteiger partial charge in [-0.25, -0.2) is 0 Å². The molecule has 0 radical (unpaired) electrons. The van der Waals surface area contributed by atoms with Crippen LogP contribution < -0.4 is 5.32 Å². The van der Waals surface area contributed by atoms with Crippen molar-refractivity contribution < 1.29 is 14.5 Å². The van der Waals surface area contributed by atoms with Crippen LogP contribution in [0.4, 0.5) is 11.4 Å². The van der Waals surface area contributed by atoms with Gasteiger partial charge in [-0.2, -0.15) is 0 Å². The quantitative estimate of drug-likeness (QED) is 0.345. The van der Waals surface area contributed by atoms with Gasteiger partial charge in [-0.05, 0) is 42.3 Å². The van der Waals surface area contributed by atoms with E-state index in [0.29, 0.717) is 16.3 Å². The van der Waals surface area contributed by atoms with Crippen LogP contribution >= 0.6 is 11.6 Å². The van der Waals surface area contributed by atoms with Crippen LogP contribution in [0.5, 0.6) is 0 Å². The summed E-state index contributed by atoms with van der Waals surface area (Å²) in [5.41, 5.74) is 1.83. The van der Waals surface area contributed by atoms with Gasteiger partial charge in [-0.1, -0.05) is 23.7 Å².